The predicted octanol–water partition coefficient (Wildman–Crippen LogP) is 15.6. The van der Waals surface area contributed by atoms with Gasteiger partial charge in [-0.05, 0) is 149 Å². The van der Waals surface area contributed by atoms with E-state index in [9.17, 15) is 46.8 Å². The number of aromatic nitrogens is 2. The summed E-state index contributed by atoms with van der Waals surface area (Å²) in [6, 6.07) is 47.1. The van der Waals surface area contributed by atoms with Gasteiger partial charge in [0.15, 0.2) is 17.3 Å². The van der Waals surface area contributed by atoms with E-state index in [4.69, 9.17) is 9.29 Å². The molecule has 5 aromatic carbocycles. The molecule has 95 heavy (non-hydrogen) atoms. The van der Waals surface area contributed by atoms with Crippen LogP contribution < -0.4 is 0 Å². The molecule has 1 unspecified atom stereocenters. The number of thioether (sulfide) groups is 4. The second-order valence-corrected chi connectivity index (χ2v) is 26.0. The van der Waals surface area contributed by atoms with E-state index in [1.54, 1.807) is 59.2 Å². The molecule has 2 heterocycles. The number of ketones is 6. The van der Waals surface area contributed by atoms with Crippen molar-refractivity contribution in [1.29, 1.82) is 0 Å². The molecular formula is C71H93BBrN2O14S6. The summed E-state index contributed by atoms with van der Waals surface area (Å²) in [5, 5.41) is 9.47. The van der Waals surface area contributed by atoms with Gasteiger partial charge in [0.1, 0.15) is 29.7 Å². The summed E-state index contributed by atoms with van der Waals surface area (Å²) in [4.78, 5) is 93.2. The van der Waals surface area contributed by atoms with Crippen LogP contribution in [-0.2, 0) is 66.6 Å². The lowest BCUT2D eigenvalue weighted by Gasteiger charge is -2.12. The molecule has 0 fully saturated rings. The molecule has 24 heteroatoms. The van der Waals surface area contributed by atoms with Gasteiger partial charge < -0.3 is 28.5 Å². The molecule has 7 rings (SSSR count). The van der Waals surface area contributed by atoms with E-state index < -0.39 is 28.0 Å². The van der Waals surface area contributed by atoms with Crippen molar-refractivity contribution in [3.63, 3.8) is 0 Å². The Bertz CT molecular complexity index is 3590. The number of nitrogens with zero attached hydrogens (tertiary/aromatic N) is 2. The van der Waals surface area contributed by atoms with Crippen molar-refractivity contribution in [2.45, 2.75) is 114 Å². The van der Waals surface area contributed by atoms with Crippen LogP contribution in [0.15, 0.2) is 165 Å². The molecule has 3 radical (unpaired) electrons. The number of methoxy groups -OCH3 is 2. The summed E-state index contributed by atoms with van der Waals surface area (Å²) in [6.07, 6.45) is 9.51. The van der Waals surface area contributed by atoms with Gasteiger partial charge in [-0.25, -0.2) is 0 Å². The Labute approximate surface area is 597 Å². The van der Waals surface area contributed by atoms with Gasteiger partial charge in [0.25, 0.3) is 10.1 Å². The van der Waals surface area contributed by atoms with Crippen LogP contribution in [-0.4, -0.2) is 142 Å². The van der Waals surface area contributed by atoms with Crippen LogP contribution in [0.25, 0.3) is 22.5 Å². The summed E-state index contributed by atoms with van der Waals surface area (Å²) < 4.78 is 39.9. The Morgan fingerprint density at radius 2 is 0.947 bits per heavy atom. The van der Waals surface area contributed by atoms with E-state index in [1.165, 1.54) is 61.7 Å². The second kappa shape index (κ2) is 49.3. The number of esters is 2. The van der Waals surface area contributed by atoms with Crippen LogP contribution in [0.1, 0.15) is 111 Å². The third kappa shape index (κ3) is 34.5. The predicted molar refractivity (Wildman–Crippen MR) is 402 cm³/mol. The summed E-state index contributed by atoms with van der Waals surface area (Å²) in [5.74, 6) is -2.00. The van der Waals surface area contributed by atoms with Crippen molar-refractivity contribution >= 4 is 141 Å². The molecule has 1 N–H and O–H groups in total. The maximum absolute atomic E-state index is 12.0. The molecule has 2 aromatic heterocycles. The highest BCUT2D eigenvalue weighted by molar-refractivity contribution is 9.09. The van der Waals surface area contributed by atoms with Crippen LogP contribution in [0.4, 0.5) is 0 Å². The lowest BCUT2D eigenvalue weighted by Crippen LogP contribution is -2.26. The number of carbonyl (C=O) groups is 8. The number of hydrogen-bond donors (Lipinski definition) is 2. The van der Waals surface area contributed by atoms with Crippen molar-refractivity contribution in [2.75, 3.05) is 64.0 Å². The third-order valence-corrected chi connectivity index (χ3v) is 17.6. The number of Topliss-reactive ketones (excluding diaryl/α,β-unsaturated/α-hetero) is 6. The van der Waals surface area contributed by atoms with Crippen molar-refractivity contribution in [3.8, 4) is 22.5 Å². The minimum Gasteiger partial charge on any atom is -0.469 e. The van der Waals surface area contributed by atoms with Gasteiger partial charge in [-0.3, -0.25) is 37.7 Å². The lowest BCUT2D eigenvalue weighted by atomic mass is 9.95. The molecule has 0 amide bonds. The van der Waals surface area contributed by atoms with Crippen LogP contribution in [0.2, 0.25) is 0 Å². The Balaban J connectivity index is -0.00000109. The Morgan fingerprint density at radius 3 is 1.27 bits per heavy atom. The SMILES string of the molecule is C.C.COC(=O)C(CC(=O)c1ccc(SC)cc1)C(C)=O.COC(=O)CC(C)=O.CSc1ccc(-c2ccc(C)n2CCO)cc1.CSc1ccc(-c2ccc(C)n2CCOS(C)(=O)=O)cc1.CSc1ccc(C(=O)CCC(C)=O)cc1.O=C(CBr)c1ccc(CS)cc1.[2HH].[B]. The third-order valence-electron chi connectivity index (χ3n) is 13.2. The number of ether oxygens (including phenoxy) is 2. The summed E-state index contributed by atoms with van der Waals surface area (Å²) in [6.45, 7) is 9.67. The number of alkyl halides is 1. The molecule has 0 aliphatic carbocycles. The average Bonchev–Trinajstić information content (AvgIpc) is 1.84. The quantitative estimate of drug-likeness (QED) is 0.00750. The van der Waals surface area contributed by atoms with Crippen molar-refractivity contribution in [2.24, 2.45) is 5.92 Å². The fourth-order valence-corrected chi connectivity index (χ4v) is 10.7. The number of aliphatic hydroxyl groups excluding tert-OH is 1. The fraction of sp³-hybridized carbons (Fsp3) is 0.352. The number of rotatable bonds is 26. The first-order chi connectivity index (χ1) is 43.7. The number of aryl methyl sites for hydroxylation is 2. The minimum absolute atomic E-state index is 0. The number of carbonyl (C=O) groups excluding carboxylic acids is 8. The van der Waals surface area contributed by atoms with E-state index in [0.717, 1.165) is 44.1 Å². The monoisotopic (exact) mass is 1480 g/mol. The van der Waals surface area contributed by atoms with Gasteiger partial charge in [0.05, 0.1) is 39.0 Å². The van der Waals surface area contributed by atoms with E-state index in [1.807, 2.05) is 98.5 Å². The van der Waals surface area contributed by atoms with Crippen molar-refractivity contribution < 1.29 is 67.0 Å². The summed E-state index contributed by atoms with van der Waals surface area (Å²) >= 11 is 13.9. The van der Waals surface area contributed by atoms with Crippen LogP contribution in [0.3, 0.4) is 0 Å². The Kier molecular flexibility index (Phi) is 47.2. The highest BCUT2D eigenvalue weighted by atomic mass is 79.9. The molecule has 1 atom stereocenters. The van der Waals surface area contributed by atoms with Gasteiger partial charge in [0.2, 0.25) is 0 Å². The summed E-state index contributed by atoms with van der Waals surface area (Å²) in [5.41, 5.74) is 9.87. The smallest absolute Gasteiger partial charge is 0.316 e. The highest BCUT2D eigenvalue weighted by Gasteiger charge is 2.27. The first-order valence-corrected chi connectivity index (χ1v) is 37.0. The zero-order valence-corrected chi connectivity index (χ0v) is 61.2. The average molecular weight is 1480 g/mol. The topological polar surface area (TPSA) is 228 Å². The maximum atomic E-state index is 12.0. The van der Waals surface area contributed by atoms with Gasteiger partial charge in [-0.2, -0.15) is 21.0 Å². The Hall–Kier alpha value is -6.22. The van der Waals surface area contributed by atoms with E-state index in [0.29, 0.717) is 48.1 Å². The van der Waals surface area contributed by atoms with Crippen LogP contribution in [0.5, 0.6) is 0 Å². The number of benzene rings is 5. The molecule has 0 aliphatic rings. The molecule has 7 aromatic rings. The van der Waals surface area contributed by atoms with E-state index in [-0.39, 0.29) is 85.4 Å². The fourth-order valence-electron chi connectivity index (χ4n) is 8.12. The highest BCUT2D eigenvalue weighted by Crippen LogP contribution is 2.27. The van der Waals surface area contributed by atoms with Crippen LogP contribution in [0, 0.1) is 19.8 Å². The van der Waals surface area contributed by atoms with E-state index >= 15 is 0 Å². The molecule has 0 saturated carbocycles. The van der Waals surface area contributed by atoms with Crippen molar-refractivity contribution in [3.05, 3.63) is 179 Å². The standard InChI is InChI=1S/C15H19NO3S2.C14H17NOS.C14H16O4S.C12H14O2S.C9H9BrOS.C5H8O3.2CH4.B.H2/c1-12-4-9-15(13-5-7-14(20-2)8-6-13)16(12)10-11-19-21(3,17)18;1-11-3-8-14(15(11)9-10-16)12-4-6-13(17-2)7-5-12;1-9(15)12(14(17)18-2)8-13(16)10-4-6-11(19-3)7-5-10;1-9(13)3-8-12(14)10-4-6-11(15-2)7-5-10;10-5-9(11)8-3-1-7(6-12)2-4-8;1-4(6)3-5(7)8-2;;;;/h4-9H,10-11H2,1-3H3;3-8,16H,9-10H2,1-2H3;4-7,12H,8H2,1-3H3;4-7H,3,8H2,1-2H3;1-4,12H,5-6H2;3H2,1-2H3;2*1H4;;1H/i;;;;;;;;;1+1. The molecular weight excluding hydrogens is 1390 g/mol. The molecule has 517 valence electrons. The van der Waals surface area contributed by atoms with Gasteiger partial charge in [-0.1, -0.05) is 104 Å². The van der Waals surface area contributed by atoms with Crippen LogP contribution >= 0.6 is 75.6 Å². The minimum atomic E-state index is -3.39. The Morgan fingerprint density at radius 1 is 0.558 bits per heavy atom. The van der Waals surface area contributed by atoms with Crippen molar-refractivity contribution in [1.82, 2.24) is 9.13 Å². The number of halogens is 1. The van der Waals surface area contributed by atoms with Gasteiger partial charge in [-0.15, -0.1) is 47.0 Å². The number of aliphatic hydroxyl groups is 1. The first-order valence-electron chi connectivity index (χ1n) is 28.6. The van der Waals surface area contributed by atoms with Gasteiger partial charge in [0, 0.05) is 107 Å². The molecule has 16 nitrogen and oxygen atoms in total. The lowest BCUT2D eigenvalue weighted by molar-refractivity contribution is -0.149. The maximum Gasteiger partial charge on any atom is 0.316 e. The first kappa shape index (κ1) is 90.8. The largest absolute Gasteiger partial charge is 0.469 e. The normalized spacial score (nSPS) is 10.4. The molecule has 0 spiro atoms. The zero-order valence-electron chi connectivity index (χ0n) is 54.6. The number of hydrogen-bond acceptors (Lipinski definition) is 19. The summed E-state index contributed by atoms with van der Waals surface area (Å²) in [7, 11) is -0.933. The van der Waals surface area contributed by atoms with Gasteiger partial charge >= 0.3 is 11.9 Å². The molecule has 0 bridgehead atoms. The van der Waals surface area contributed by atoms with E-state index in [2.05, 4.69) is 121 Å². The number of thiol groups is 1. The zero-order chi connectivity index (χ0) is 68.9. The molecule has 0 saturated heterocycles. The molecule has 0 aliphatic heterocycles. The second-order valence-electron chi connectivity index (χ2n) is 20.0.